The Morgan fingerprint density at radius 3 is 2.87 bits per heavy atom. The Kier molecular flexibility index (Phi) is 7.89. The van der Waals surface area contributed by atoms with E-state index < -0.39 is 0 Å². The zero-order valence-corrected chi connectivity index (χ0v) is 14.8. The van der Waals surface area contributed by atoms with Crippen molar-refractivity contribution in [3.05, 3.63) is 11.6 Å². The predicted octanol–water partition coefficient (Wildman–Crippen LogP) is 2.49. The fraction of sp³-hybridized carbons (Fsp3) is 0.833. The molecule has 0 aromatic heterocycles. The molecule has 0 amide bonds. The molecule has 132 valence electrons. The second-order valence-corrected chi connectivity index (χ2v) is 6.66. The number of guanidine groups is 1. The maximum atomic E-state index is 5.35. The van der Waals surface area contributed by atoms with Gasteiger partial charge >= 0.3 is 0 Å². The Bertz CT molecular complexity index is 403. The highest BCUT2D eigenvalue weighted by Crippen LogP contribution is 2.44. The first-order valence-electron chi connectivity index (χ1n) is 9.05. The van der Waals surface area contributed by atoms with Crippen molar-refractivity contribution in [3.63, 3.8) is 0 Å². The molecule has 0 aromatic carbocycles. The average molecular weight is 323 g/mol. The summed E-state index contributed by atoms with van der Waals surface area (Å²) >= 11 is 0. The summed E-state index contributed by atoms with van der Waals surface area (Å²) in [5.74, 6) is 0.948. The Labute approximate surface area is 140 Å². The van der Waals surface area contributed by atoms with Crippen LogP contribution < -0.4 is 10.6 Å². The monoisotopic (exact) mass is 323 g/mol. The molecule has 0 aromatic rings. The van der Waals surface area contributed by atoms with Gasteiger partial charge in [0.25, 0.3) is 0 Å². The SMILES string of the molecule is CCNC(=NCC1(CCOC)CCC1)NCCC1=CCOCC1. The zero-order chi connectivity index (χ0) is 16.4. The minimum absolute atomic E-state index is 0.377. The van der Waals surface area contributed by atoms with Crippen molar-refractivity contribution in [2.45, 2.75) is 45.4 Å². The van der Waals surface area contributed by atoms with Gasteiger partial charge in [0.2, 0.25) is 0 Å². The first-order chi connectivity index (χ1) is 11.3. The number of ether oxygens (including phenoxy) is 2. The van der Waals surface area contributed by atoms with E-state index >= 15 is 0 Å². The quantitative estimate of drug-likeness (QED) is 0.389. The Hall–Kier alpha value is -1.07. The molecule has 0 unspecified atom stereocenters. The van der Waals surface area contributed by atoms with Gasteiger partial charge in [-0.3, -0.25) is 4.99 Å². The third kappa shape index (κ3) is 6.15. The first kappa shape index (κ1) is 18.3. The summed E-state index contributed by atoms with van der Waals surface area (Å²) in [4.78, 5) is 4.84. The summed E-state index contributed by atoms with van der Waals surface area (Å²) in [6.45, 7) is 7.32. The van der Waals surface area contributed by atoms with Gasteiger partial charge in [-0.15, -0.1) is 0 Å². The lowest BCUT2D eigenvalue weighted by molar-refractivity contribution is 0.0778. The van der Waals surface area contributed by atoms with Crippen molar-refractivity contribution in [3.8, 4) is 0 Å². The van der Waals surface area contributed by atoms with E-state index in [2.05, 4.69) is 23.6 Å². The van der Waals surface area contributed by atoms with Crippen LogP contribution in [-0.4, -0.2) is 52.5 Å². The van der Waals surface area contributed by atoms with Gasteiger partial charge in [-0.2, -0.15) is 0 Å². The van der Waals surface area contributed by atoms with Gasteiger partial charge in [-0.25, -0.2) is 0 Å². The molecule has 2 rings (SSSR count). The smallest absolute Gasteiger partial charge is 0.191 e. The third-order valence-electron chi connectivity index (χ3n) is 4.96. The lowest BCUT2D eigenvalue weighted by atomic mass is 9.67. The van der Waals surface area contributed by atoms with Gasteiger partial charge in [-0.05, 0) is 44.4 Å². The molecule has 5 heteroatoms. The molecule has 0 radical (unpaired) electrons. The number of hydrogen-bond donors (Lipinski definition) is 2. The molecule has 0 bridgehead atoms. The molecule has 2 aliphatic rings. The lowest BCUT2D eigenvalue weighted by Gasteiger charge is -2.40. The van der Waals surface area contributed by atoms with E-state index in [9.17, 15) is 0 Å². The van der Waals surface area contributed by atoms with Crippen molar-refractivity contribution >= 4 is 5.96 Å². The summed E-state index contributed by atoms with van der Waals surface area (Å²) in [5, 5.41) is 6.83. The molecule has 1 saturated carbocycles. The molecule has 1 fully saturated rings. The minimum Gasteiger partial charge on any atom is -0.385 e. The van der Waals surface area contributed by atoms with Crippen LogP contribution in [0.15, 0.2) is 16.6 Å². The second kappa shape index (κ2) is 9.93. The van der Waals surface area contributed by atoms with Crippen LogP contribution >= 0.6 is 0 Å². The van der Waals surface area contributed by atoms with E-state index in [-0.39, 0.29) is 0 Å². The molecular weight excluding hydrogens is 290 g/mol. The van der Waals surface area contributed by atoms with E-state index in [0.29, 0.717) is 5.41 Å². The van der Waals surface area contributed by atoms with Crippen LogP contribution in [0.1, 0.15) is 45.4 Å². The number of nitrogens with one attached hydrogen (secondary N) is 2. The summed E-state index contributed by atoms with van der Waals surface area (Å²) in [6, 6.07) is 0. The summed E-state index contributed by atoms with van der Waals surface area (Å²) < 4.78 is 10.6. The first-order valence-corrected chi connectivity index (χ1v) is 9.05. The highest BCUT2D eigenvalue weighted by molar-refractivity contribution is 5.79. The van der Waals surface area contributed by atoms with Gasteiger partial charge in [0, 0.05) is 33.4 Å². The number of methoxy groups -OCH3 is 1. The summed E-state index contributed by atoms with van der Waals surface area (Å²) in [7, 11) is 1.78. The summed E-state index contributed by atoms with van der Waals surface area (Å²) in [5.41, 5.74) is 1.87. The molecule has 0 saturated heterocycles. The van der Waals surface area contributed by atoms with Crippen molar-refractivity contribution in [2.24, 2.45) is 10.4 Å². The maximum absolute atomic E-state index is 5.35. The highest BCUT2D eigenvalue weighted by atomic mass is 16.5. The van der Waals surface area contributed by atoms with Crippen molar-refractivity contribution in [2.75, 3.05) is 46.6 Å². The molecule has 0 atom stereocenters. The topological polar surface area (TPSA) is 54.9 Å². The Morgan fingerprint density at radius 2 is 2.26 bits per heavy atom. The average Bonchev–Trinajstić information content (AvgIpc) is 2.54. The molecular formula is C18H33N3O2. The van der Waals surface area contributed by atoms with Crippen molar-refractivity contribution in [1.29, 1.82) is 0 Å². The van der Waals surface area contributed by atoms with E-state index in [1.165, 1.54) is 24.8 Å². The molecule has 1 aliphatic carbocycles. The Morgan fingerprint density at radius 1 is 1.39 bits per heavy atom. The maximum Gasteiger partial charge on any atom is 0.191 e. The zero-order valence-electron chi connectivity index (χ0n) is 14.8. The van der Waals surface area contributed by atoms with E-state index in [0.717, 1.165) is 64.7 Å². The van der Waals surface area contributed by atoms with Gasteiger partial charge < -0.3 is 20.1 Å². The van der Waals surface area contributed by atoms with E-state index in [1.807, 2.05) is 0 Å². The van der Waals surface area contributed by atoms with Crippen LogP contribution in [0.25, 0.3) is 0 Å². The molecule has 2 N–H and O–H groups in total. The number of hydrogen-bond acceptors (Lipinski definition) is 3. The number of aliphatic imine (C=N–C) groups is 1. The predicted molar refractivity (Wildman–Crippen MR) is 94.9 cm³/mol. The molecule has 1 heterocycles. The van der Waals surface area contributed by atoms with Gasteiger partial charge in [0.1, 0.15) is 0 Å². The third-order valence-corrected chi connectivity index (χ3v) is 4.96. The van der Waals surface area contributed by atoms with Crippen molar-refractivity contribution in [1.82, 2.24) is 10.6 Å². The van der Waals surface area contributed by atoms with Crippen LogP contribution in [0.2, 0.25) is 0 Å². The van der Waals surface area contributed by atoms with Gasteiger partial charge in [-0.1, -0.05) is 18.1 Å². The fourth-order valence-corrected chi connectivity index (χ4v) is 3.20. The van der Waals surface area contributed by atoms with E-state index in [1.54, 1.807) is 7.11 Å². The second-order valence-electron chi connectivity index (χ2n) is 6.66. The minimum atomic E-state index is 0.377. The fourth-order valence-electron chi connectivity index (χ4n) is 3.20. The largest absolute Gasteiger partial charge is 0.385 e. The lowest BCUT2D eigenvalue weighted by Crippen LogP contribution is -2.40. The van der Waals surface area contributed by atoms with Crippen molar-refractivity contribution < 1.29 is 9.47 Å². The van der Waals surface area contributed by atoms with Crippen LogP contribution in [0, 0.1) is 5.41 Å². The summed E-state index contributed by atoms with van der Waals surface area (Å²) in [6.07, 6.45) is 9.37. The molecule has 1 aliphatic heterocycles. The van der Waals surface area contributed by atoms with Gasteiger partial charge in [0.05, 0.1) is 13.2 Å². The standard InChI is InChI=1S/C18H33N3O2/c1-3-19-17(20-11-5-16-6-12-23-13-7-16)21-15-18(8-4-9-18)10-14-22-2/h6H,3-5,7-15H2,1-2H3,(H2,19,20,21). The van der Waals surface area contributed by atoms with Crippen LogP contribution in [0.3, 0.4) is 0 Å². The highest BCUT2D eigenvalue weighted by Gasteiger charge is 2.36. The number of rotatable bonds is 9. The normalized spacial score (nSPS) is 20.6. The van der Waals surface area contributed by atoms with Crippen LogP contribution in [0.4, 0.5) is 0 Å². The number of nitrogens with zero attached hydrogens (tertiary/aromatic N) is 1. The van der Waals surface area contributed by atoms with E-state index in [4.69, 9.17) is 14.5 Å². The molecule has 0 spiro atoms. The molecule has 23 heavy (non-hydrogen) atoms. The van der Waals surface area contributed by atoms with Crippen LogP contribution in [0.5, 0.6) is 0 Å². The Balaban J connectivity index is 1.78. The molecule has 5 nitrogen and oxygen atoms in total. The van der Waals surface area contributed by atoms with Crippen LogP contribution in [-0.2, 0) is 9.47 Å². The van der Waals surface area contributed by atoms with Gasteiger partial charge in [0.15, 0.2) is 5.96 Å².